The van der Waals surface area contributed by atoms with Gasteiger partial charge in [0, 0.05) is 12.6 Å². The lowest BCUT2D eigenvalue weighted by Crippen LogP contribution is -2.16. The molecule has 1 aliphatic heterocycles. The van der Waals surface area contributed by atoms with Gasteiger partial charge in [0.25, 0.3) is 5.69 Å². The number of nitro benzene ring substituents is 1. The van der Waals surface area contributed by atoms with Crippen molar-refractivity contribution in [3.63, 3.8) is 0 Å². The van der Waals surface area contributed by atoms with Crippen LogP contribution in [0.2, 0.25) is 0 Å². The summed E-state index contributed by atoms with van der Waals surface area (Å²) in [6, 6.07) is 3.57. The van der Waals surface area contributed by atoms with Gasteiger partial charge in [-0.15, -0.1) is 0 Å². The van der Waals surface area contributed by atoms with E-state index in [1.54, 1.807) is 0 Å². The first-order valence-corrected chi connectivity index (χ1v) is 8.06. The minimum Gasteiger partial charge on any atom is -0.478 e. The molecule has 9 heteroatoms. The highest BCUT2D eigenvalue weighted by Gasteiger charge is 2.28. The Balaban J connectivity index is 2.13. The van der Waals surface area contributed by atoms with Crippen LogP contribution in [0.25, 0.3) is 0 Å². The molecule has 1 aromatic rings. The second kappa shape index (κ2) is 5.68. The SMILES string of the molecule is O=C(O)c1ccc(NCC2CCS(=O)(=O)C2)c([N+](=O)[O-])c1. The lowest BCUT2D eigenvalue weighted by atomic mass is 10.1. The number of sulfone groups is 1. The van der Waals surface area contributed by atoms with E-state index >= 15 is 0 Å². The highest BCUT2D eigenvalue weighted by atomic mass is 32.2. The second-order valence-electron chi connectivity index (χ2n) is 4.94. The number of hydrogen-bond donors (Lipinski definition) is 2. The van der Waals surface area contributed by atoms with Crippen molar-refractivity contribution >= 4 is 27.2 Å². The number of nitrogens with zero attached hydrogens (tertiary/aromatic N) is 1. The average Bonchev–Trinajstić information content (AvgIpc) is 2.75. The summed E-state index contributed by atoms with van der Waals surface area (Å²) in [5, 5.41) is 22.6. The number of benzene rings is 1. The first-order chi connectivity index (χ1) is 9.78. The smallest absolute Gasteiger partial charge is 0.335 e. The van der Waals surface area contributed by atoms with Crippen LogP contribution in [0.3, 0.4) is 0 Å². The summed E-state index contributed by atoms with van der Waals surface area (Å²) in [6.45, 7) is 0.298. The molecule has 0 spiro atoms. The zero-order valence-electron chi connectivity index (χ0n) is 11.0. The molecule has 1 heterocycles. The highest BCUT2D eigenvalue weighted by Crippen LogP contribution is 2.27. The average molecular weight is 314 g/mol. The molecule has 1 aliphatic rings. The van der Waals surface area contributed by atoms with Gasteiger partial charge in [0.2, 0.25) is 0 Å². The summed E-state index contributed by atoms with van der Waals surface area (Å²) in [7, 11) is -3.00. The van der Waals surface area contributed by atoms with Gasteiger partial charge in [0.15, 0.2) is 9.84 Å². The van der Waals surface area contributed by atoms with Crippen LogP contribution in [-0.4, -0.2) is 42.5 Å². The van der Waals surface area contributed by atoms with E-state index in [-0.39, 0.29) is 34.4 Å². The maximum Gasteiger partial charge on any atom is 0.335 e. The van der Waals surface area contributed by atoms with E-state index in [9.17, 15) is 23.3 Å². The molecule has 8 nitrogen and oxygen atoms in total. The summed E-state index contributed by atoms with van der Waals surface area (Å²) in [5.41, 5.74) is -0.319. The summed E-state index contributed by atoms with van der Waals surface area (Å²) in [6.07, 6.45) is 0.524. The van der Waals surface area contributed by atoms with Gasteiger partial charge < -0.3 is 10.4 Å². The van der Waals surface area contributed by atoms with Crippen molar-refractivity contribution in [3.05, 3.63) is 33.9 Å². The third kappa shape index (κ3) is 3.69. The Kier molecular flexibility index (Phi) is 4.12. The van der Waals surface area contributed by atoms with Crippen molar-refractivity contribution in [3.8, 4) is 0 Å². The number of carboxylic acid groups (broad SMARTS) is 1. The molecule has 0 aromatic heterocycles. The predicted octanol–water partition coefficient (Wildman–Crippen LogP) is 1.14. The Hall–Kier alpha value is -2.16. The lowest BCUT2D eigenvalue weighted by Gasteiger charge is -2.11. The van der Waals surface area contributed by atoms with E-state index in [1.165, 1.54) is 12.1 Å². The number of nitrogens with one attached hydrogen (secondary N) is 1. The minimum atomic E-state index is -3.00. The van der Waals surface area contributed by atoms with Crippen molar-refractivity contribution in [1.82, 2.24) is 0 Å². The van der Waals surface area contributed by atoms with E-state index < -0.39 is 20.7 Å². The van der Waals surface area contributed by atoms with Crippen LogP contribution < -0.4 is 5.32 Å². The molecule has 0 saturated carbocycles. The first-order valence-electron chi connectivity index (χ1n) is 6.24. The van der Waals surface area contributed by atoms with E-state index in [2.05, 4.69) is 5.32 Å². The van der Waals surface area contributed by atoms with Gasteiger partial charge in [-0.1, -0.05) is 0 Å². The molecule has 1 unspecified atom stereocenters. The van der Waals surface area contributed by atoms with Gasteiger partial charge in [0.05, 0.1) is 22.0 Å². The number of nitro groups is 1. The van der Waals surface area contributed by atoms with Gasteiger partial charge in [-0.2, -0.15) is 0 Å². The number of carboxylic acids is 1. The zero-order valence-corrected chi connectivity index (χ0v) is 11.8. The van der Waals surface area contributed by atoms with Gasteiger partial charge in [0.1, 0.15) is 5.69 Å². The topological polar surface area (TPSA) is 127 Å². The van der Waals surface area contributed by atoms with Crippen molar-refractivity contribution in [2.45, 2.75) is 6.42 Å². The van der Waals surface area contributed by atoms with E-state index in [0.29, 0.717) is 13.0 Å². The van der Waals surface area contributed by atoms with Crippen LogP contribution in [0.4, 0.5) is 11.4 Å². The molecular formula is C12H14N2O6S. The fraction of sp³-hybridized carbons (Fsp3) is 0.417. The number of aromatic carboxylic acids is 1. The molecular weight excluding hydrogens is 300 g/mol. The summed E-state index contributed by atoms with van der Waals surface area (Å²) < 4.78 is 22.7. The molecule has 2 rings (SSSR count). The normalized spacial score (nSPS) is 20.1. The third-order valence-electron chi connectivity index (χ3n) is 3.35. The van der Waals surface area contributed by atoms with Crippen molar-refractivity contribution < 1.29 is 23.2 Å². The Morgan fingerprint density at radius 2 is 2.19 bits per heavy atom. The Morgan fingerprint density at radius 3 is 2.71 bits per heavy atom. The molecule has 1 aromatic carbocycles. The molecule has 1 fully saturated rings. The number of anilines is 1. The molecule has 0 bridgehead atoms. The monoisotopic (exact) mass is 314 g/mol. The molecule has 0 amide bonds. The van der Waals surface area contributed by atoms with Crippen LogP contribution in [0.1, 0.15) is 16.8 Å². The lowest BCUT2D eigenvalue weighted by molar-refractivity contribution is -0.384. The molecule has 21 heavy (non-hydrogen) atoms. The van der Waals surface area contributed by atoms with Crippen LogP contribution in [0, 0.1) is 16.0 Å². The van der Waals surface area contributed by atoms with Crippen LogP contribution in [0.5, 0.6) is 0 Å². The Morgan fingerprint density at radius 1 is 1.48 bits per heavy atom. The number of hydrogen-bond acceptors (Lipinski definition) is 6. The summed E-state index contributed by atoms with van der Waals surface area (Å²) in [5.74, 6) is -1.12. The molecule has 0 radical (unpaired) electrons. The van der Waals surface area contributed by atoms with Crippen molar-refractivity contribution in [2.75, 3.05) is 23.4 Å². The van der Waals surface area contributed by atoms with Gasteiger partial charge in [-0.25, -0.2) is 13.2 Å². The van der Waals surface area contributed by atoms with Crippen LogP contribution in [-0.2, 0) is 9.84 Å². The molecule has 2 N–H and O–H groups in total. The maximum absolute atomic E-state index is 11.3. The minimum absolute atomic E-state index is 0.0704. The summed E-state index contributed by atoms with van der Waals surface area (Å²) in [4.78, 5) is 21.1. The van der Waals surface area contributed by atoms with Gasteiger partial charge in [-0.05, 0) is 24.5 Å². The van der Waals surface area contributed by atoms with E-state index in [4.69, 9.17) is 5.11 Å². The Labute approximate surface area is 120 Å². The molecule has 114 valence electrons. The second-order valence-corrected chi connectivity index (χ2v) is 7.17. The first kappa shape index (κ1) is 15.2. The largest absolute Gasteiger partial charge is 0.478 e. The fourth-order valence-corrected chi connectivity index (χ4v) is 4.11. The van der Waals surface area contributed by atoms with Crippen LogP contribution >= 0.6 is 0 Å². The van der Waals surface area contributed by atoms with Gasteiger partial charge in [-0.3, -0.25) is 10.1 Å². The number of rotatable bonds is 5. The van der Waals surface area contributed by atoms with Crippen molar-refractivity contribution in [1.29, 1.82) is 0 Å². The quantitative estimate of drug-likeness (QED) is 0.616. The number of carbonyl (C=O) groups is 1. The van der Waals surface area contributed by atoms with Gasteiger partial charge >= 0.3 is 5.97 Å². The van der Waals surface area contributed by atoms with E-state index in [1.807, 2.05) is 0 Å². The van der Waals surface area contributed by atoms with E-state index in [0.717, 1.165) is 6.07 Å². The maximum atomic E-state index is 11.3. The molecule has 1 atom stereocenters. The van der Waals surface area contributed by atoms with Crippen molar-refractivity contribution in [2.24, 2.45) is 5.92 Å². The fourth-order valence-electron chi connectivity index (χ4n) is 2.25. The standard InChI is InChI=1S/C12H14N2O6S/c15-12(16)9-1-2-10(11(5-9)14(17)18)13-6-8-3-4-21(19,20)7-8/h1-2,5,8,13H,3-4,6-7H2,(H,15,16). The highest BCUT2D eigenvalue weighted by molar-refractivity contribution is 7.91. The molecule has 1 saturated heterocycles. The summed E-state index contributed by atoms with van der Waals surface area (Å²) >= 11 is 0. The molecule has 0 aliphatic carbocycles. The third-order valence-corrected chi connectivity index (χ3v) is 5.19. The predicted molar refractivity (Wildman–Crippen MR) is 75.3 cm³/mol. The Bertz CT molecular complexity index is 685. The van der Waals surface area contributed by atoms with Crippen LogP contribution in [0.15, 0.2) is 18.2 Å². The zero-order chi connectivity index (χ0) is 15.6.